The van der Waals surface area contributed by atoms with Gasteiger partial charge in [-0.25, -0.2) is 9.97 Å². The number of carboxylic acids is 1. The molecule has 0 aliphatic carbocycles. The summed E-state index contributed by atoms with van der Waals surface area (Å²) in [5.41, 5.74) is 1.09. The first-order valence-corrected chi connectivity index (χ1v) is 5.37. The summed E-state index contributed by atoms with van der Waals surface area (Å²) in [7, 11) is 0. The van der Waals surface area contributed by atoms with Crippen molar-refractivity contribution in [1.29, 1.82) is 0 Å². The summed E-state index contributed by atoms with van der Waals surface area (Å²) in [5, 5.41) is 11.4. The van der Waals surface area contributed by atoms with Crippen LogP contribution in [0, 0.1) is 0 Å². The van der Waals surface area contributed by atoms with Crippen LogP contribution in [0.2, 0.25) is 0 Å². The molecule has 0 radical (unpaired) electrons. The Morgan fingerprint density at radius 2 is 2.06 bits per heavy atom. The highest BCUT2D eigenvalue weighted by Gasteiger charge is 2.01. The average molecular weight is 223 g/mol. The quantitative estimate of drug-likeness (QED) is 0.720. The number of aromatic nitrogens is 2. The Morgan fingerprint density at radius 1 is 1.44 bits per heavy atom. The van der Waals surface area contributed by atoms with Crippen molar-refractivity contribution in [2.24, 2.45) is 0 Å². The standard InChI is InChI=1S/C11H17N3O2/c1-8(2)9-6-13-11(14-7-9)12-5-3-4-10(15)16/h6-8H,3-5H2,1-2H3,(H,15,16)(H,12,13,14). The number of carbonyl (C=O) groups is 1. The monoisotopic (exact) mass is 223 g/mol. The van der Waals surface area contributed by atoms with Crippen LogP contribution in [-0.2, 0) is 4.79 Å². The molecule has 0 unspecified atom stereocenters. The van der Waals surface area contributed by atoms with E-state index < -0.39 is 5.97 Å². The SMILES string of the molecule is CC(C)c1cnc(NCCCC(=O)O)nc1. The summed E-state index contributed by atoms with van der Waals surface area (Å²) in [6, 6.07) is 0. The van der Waals surface area contributed by atoms with E-state index in [-0.39, 0.29) is 6.42 Å². The molecule has 1 aromatic heterocycles. The third-order valence-corrected chi connectivity index (χ3v) is 2.19. The molecule has 5 nitrogen and oxygen atoms in total. The lowest BCUT2D eigenvalue weighted by atomic mass is 10.1. The maximum atomic E-state index is 10.3. The molecule has 5 heteroatoms. The fourth-order valence-corrected chi connectivity index (χ4v) is 1.17. The van der Waals surface area contributed by atoms with E-state index in [2.05, 4.69) is 29.1 Å². The second kappa shape index (κ2) is 6.05. The number of aliphatic carboxylic acids is 1. The Balaban J connectivity index is 2.35. The molecule has 0 fully saturated rings. The molecular weight excluding hydrogens is 206 g/mol. The van der Waals surface area contributed by atoms with Crippen LogP contribution < -0.4 is 5.32 Å². The Kier molecular flexibility index (Phi) is 4.69. The number of hydrogen-bond donors (Lipinski definition) is 2. The molecular formula is C11H17N3O2. The molecule has 0 aliphatic rings. The molecule has 1 rings (SSSR count). The zero-order valence-corrected chi connectivity index (χ0v) is 9.60. The van der Waals surface area contributed by atoms with Crippen molar-refractivity contribution in [2.45, 2.75) is 32.6 Å². The lowest BCUT2D eigenvalue weighted by Gasteiger charge is -2.06. The normalized spacial score (nSPS) is 10.4. The zero-order chi connectivity index (χ0) is 12.0. The van der Waals surface area contributed by atoms with Gasteiger partial charge >= 0.3 is 5.97 Å². The topological polar surface area (TPSA) is 75.1 Å². The van der Waals surface area contributed by atoms with E-state index in [1.54, 1.807) is 12.4 Å². The van der Waals surface area contributed by atoms with Gasteiger partial charge in [0.25, 0.3) is 0 Å². The van der Waals surface area contributed by atoms with Crippen molar-refractivity contribution in [3.63, 3.8) is 0 Å². The van der Waals surface area contributed by atoms with Gasteiger partial charge in [0.15, 0.2) is 0 Å². The molecule has 0 bridgehead atoms. The van der Waals surface area contributed by atoms with Crippen LogP contribution in [0.1, 0.15) is 38.2 Å². The molecule has 88 valence electrons. The number of rotatable bonds is 6. The molecule has 16 heavy (non-hydrogen) atoms. The van der Waals surface area contributed by atoms with E-state index in [9.17, 15) is 4.79 Å². The average Bonchev–Trinajstić information content (AvgIpc) is 2.25. The first-order valence-electron chi connectivity index (χ1n) is 5.37. The highest BCUT2D eigenvalue weighted by molar-refractivity contribution is 5.66. The molecule has 0 aromatic carbocycles. The largest absolute Gasteiger partial charge is 0.481 e. The van der Waals surface area contributed by atoms with Crippen molar-refractivity contribution in [1.82, 2.24) is 9.97 Å². The van der Waals surface area contributed by atoms with Crippen molar-refractivity contribution in [2.75, 3.05) is 11.9 Å². The van der Waals surface area contributed by atoms with Gasteiger partial charge in [-0.05, 0) is 17.9 Å². The van der Waals surface area contributed by atoms with Crippen LogP contribution in [0.5, 0.6) is 0 Å². The molecule has 0 amide bonds. The molecule has 0 saturated heterocycles. The number of hydrogen-bond acceptors (Lipinski definition) is 4. The van der Waals surface area contributed by atoms with Crippen LogP contribution in [0.4, 0.5) is 5.95 Å². The van der Waals surface area contributed by atoms with Crippen molar-refractivity contribution in [3.8, 4) is 0 Å². The maximum Gasteiger partial charge on any atom is 0.303 e. The Hall–Kier alpha value is -1.65. The number of carboxylic acid groups (broad SMARTS) is 1. The van der Waals surface area contributed by atoms with Gasteiger partial charge in [0.05, 0.1) is 0 Å². The predicted molar refractivity (Wildman–Crippen MR) is 61.5 cm³/mol. The molecule has 1 aromatic rings. The smallest absolute Gasteiger partial charge is 0.303 e. The van der Waals surface area contributed by atoms with Gasteiger partial charge in [-0.3, -0.25) is 4.79 Å². The van der Waals surface area contributed by atoms with Gasteiger partial charge in [0.1, 0.15) is 0 Å². The van der Waals surface area contributed by atoms with Gasteiger partial charge in [0, 0.05) is 25.4 Å². The van der Waals surface area contributed by atoms with E-state index in [4.69, 9.17) is 5.11 Å². The van der Waals surface area contributed by atoms with Crippen molar-refractivity contribution < 1.29 is 9.90 Å². The first kappa shape index (κ1) is 12.4. The van der Waals surface area contributed by atoms with E-state index in [0.29, 0.717) is 24.8 Å². The van der Waals surface area contributed by atoms with Gasteiger partial charge in [-0.2, -0.15) is 0 Å². The minimum Gasteiger partial charge on any atom is -0.481 e. The van der Waals surface area contributed by atoms with Crippen LogP contribution >= 0.6 is 0 Å². The number of nitrogens with zero attached hydrogens (tertiary/aromatic N) is 2. The van der Waals surface area contributed by atoms with Gasteiger partial charge in [-0.15, -0.1) is 0 Å². The van der Waals surface area contributed by atoms with E-state index >= 15 is 0 Å². The minimum absolute atomic E-state index is 0.164. The van der Waals surface area contributed by atoms with E-state index in [1.807, 2.05) is 0 Å². The number of anilines is 1. The molecule has 0 atom stereocenters. The Morgan fingerprint density at radius 3 is 2.56 bits per heavy atom. The van der Waals surface area contributed by atoms with E-state index in [1.165, 1.54) is 0 Å². The Bertz CT molecular complexity index is 336. The highest BCUT2D eigenvalue weighted by atomic mass is 16.4. The molecule has 1 heterocycles. The molecule has 0 aliphatic heterocycles. The highest BCUT2D eigenvalue weighted by Crippen LogP contribution is 2.11. The lowest BCUT2D eigenvalue weighted by Crippen LogP contribution is -2.07. The summed E-state index contributed by atoms with van der Waals surface area (Å²) in [4.78, 5) is 18.6. The van der Waals surface area contributed by atoms with Gasteiger partial charge in [-0.1, -0.05) is 13.8 Å². The van der Waals surface area contributed by atoms with Crippen LogP contribution in [0.25, 0.3) is 0 Å². The fraction of sp³-hybridized carbons (Fsp3) is 0.545. The first-order chi connectivity index (χ1) is 7.59. The van der Waals surface area contributed by atoms with Crippen LogP contribution in [-0.4, -0.2) is 27.6 Å². The molecule has 2 N–H and O–H groups in total. The summed E-state index contributed by atoms with van der Waals surface area (Å²) < 4.78 is 0. The summed E-state index contributed by atoms with van der Waals surface area (Å²) in [6.45, 7) is 4.74. The summed E-state index contributed by atoms with van der Waals surface area (Å²) in [6.07, 6.45) is 4.32. The van der Waals surface area contributed by atoms with E-state index in [0.717, 1.165) is 5.56 Å². The third kappa shape index (κ3) is 4.25. The Labute approximate surface area is 94.9 Å². The van der Waals surface area contributed by atoms with Gasteiger partial charge in [0.2, 0.25) is 5.95 Å². The van der Waals surface area contributed by atoms with Crippen molar-refractivity contribution >= 4 is 11.9 Å². The summed E-state index contributed by atoms with van der Waals surface area (Å²) in [5.74, 6) is 0.189. The predicted octanol–water partition coefficient (Wildman–Crippen LogP) is 1.88. The molecule has 0 saturated carbocycles. The van der Waals surface area contributed by atoms with Crippen molar-refractivity contribution in [3.05, 3.63) is 18.0 Å². The fourth-order valence-electron chi connectivity index (χ4n) is 1.17. The third-order valence-electron chi connectivity index (χ3n) is 2.19. The second-order valence-corrected chi connectivity index (χ2v) is 3.92. The zero-order valence-electron chi connectivity index (χ0n) is 9.60. The van der Waals surface area contributed by atoms with Crippen LogP contribution in [0.15, 0.2) is 12.4 Å². The van der Waals surface area contributed by atoms with Crippen LogP contribution in [0.3, 0.4) is 0 Å². The lowest BCUT2D eigenvalue weighted by molar-refractivity contribution is -0.137. The minimum atomic E-state index is -0.780. The number of nitrogens with one attached hydrogen (secondary N) is 1. The molecule has 0 spiro atoms. The second-order valence-electron chi connectivity index (χ2n) is 3.92. The maximum absolute atomic E-state index is 10.3. The van der Waals surface area contributed by atoms with Gasteiger partial charge < -0.3 is 10.4 Å². The summed E-state index contributed by atoms with van der Waals surface area (Å²) >= 11 is 0.